The monoisotopic (exact) mass is 491 g/mol. The minimum Gasteiger partial charge on any atom is -0.475 e. The van der Waals surface area contributed by atoms with Gasteiger partial charge in [-0.25, -0.2) is 14.3 Å². The molecule has 33 heavy (non-hydrogen) atoms. The average Bonchev–Trinajstić information content (AvgIpc) is 3.23. The molecule has 4 N–H and O–H groups in total. The number of hydrogen-bond acceptors (Lipinski definition) is 7. The van der Waals surface area contributed by atoms with E-state index in [-0.39, 0.29) is 5.56 Å². The zero-order valence-electron chi connectivity index (χ0n) is 17.1. The normalized spacial score (nSPS) is 18.5. The van der Waals surface area contributed by atoms with Crippen molar-refractivity contribution in [3.63, 3.8) is 0 Å². The summed E-state index contributed by atoms with van der Waals surface area (Å²) in [6.07, 6.45) is -7.21. The third-order valence-electron chi connectivity index (χ3n) is 4.42. The molecule has 188 valence electrons. The van der Waals surface area contributed by atoms with Gasteiger partial charge in [0.2, 0.25) is 0 Å². The van der Waals surface area contributed by atoms with Crippen LogP contribution in [0.3, 0.4) is 0 Å². The number of aromatic nitrogens is 2. The summed E-state index contributed by atoms with van der Waals surface area (Å²) in [5, 5.41) is 25.2. The maximum Gasteiger partial charge on any atom is 0.490 e. The highest BCUT2D eigenvalue weighted by Crippen LogP contribution is 2.14. The highest BCUT2D eigenvalue weighted by molar-refractivity contribution is 5.73. The second-order valence-electron chi connectivity index (χ2n) is 6.94. The van der Waals surface area contributed by atoms with Crippen LogP contribution >= 0.6 is 0 Å². The van der Waals surface area contributed by atoms with Crippen molar-refractivity contribution in [2.24, 2.45) is 5.92 Å². The molecule has 2 aliphatic heterocycles. The third kappa shape index (κ3) is 10.5. The summed E-state index contributed by atoms with van der Waals surface area (Å²) in [5.41, 5.74) is 0.968. The summed E-state index contributed by atoms with van der Waals surface area (Å²) in [4.78, 5) is 32.1. The van der Waals surface area contributed by atoms with Crippen LogP contribution in [0.25, 0.3) is 0 Å². The Kier molecular flexibility index (Phi) is 10.6. The van der Waals surface area contributed by atoms with Crippen LogP contribution in [0.2, 0.25) is 0 Å². The number of carboxylic acid groups (broad SMARTS) is 2. The zero-order chi connectivity index (χ0) is 25.2. The van der Waals surface area contributed by atoms with Crippen molar-refractivity contribution < 1.29 is 46.1 Å². The smallest absolute Gasteiger partial charge is 0.475 e. The molecule has 0 aliphatic carbocycles. The fourth-order valence-electron chi connectivity index (χ4n) is 2.77. The Morgan fingerprint density at radius 2 is 1.52 bits per heavy atom. The van der Waals surface area contributed by atoms with E-state index in [1.54, 1.807) is 10.7 Å². The predicted octanol–water partition coefficient (Wildman–Crippen LogP) is 0.529. The van der Waals surface area contributed by atoms with Gasteiger partial charge in [-0.3, -0.25) is 4.79 Å². The van der Waals surface area contributed by atoms with Gasteiger partial charge in [0, 0.05) is 38.8 Å². The Bertz CT molecular complexity index is 809. The van der Waals surface area contributed by atoms with Gasteiger partial charge in [0.25, 0.3) is 5.56 Å². The first-order chi connectivity index (χ1) is 15.2. The topological polar surface area (TPSA) is 137 Å². The number of carboxylic acids is 2. The Morgan fingerprint density at radius 1 is 1.00 bits per heavy atom. The molecule has 1 atom stereocenters. The molecule has 0 radical (unpaired) electrons. The van der Waals surface area contributed by atoms with E-state index in [0.29, 0.717) is 5.92 Å². The minimum absolute atomic E-state index is 0.0166. The second-order valence-corrected chi connectivity index (χ2v) is 6.94. The molecule has 2 saturated heterocycles. The molecule has 0 saturated carbocycles. The first kappa shape index (κ1) is 28.2. The van der Waals surface area contributed by atoms with E-state index in [1.165, 1.54) is 0 Å². The van der Waals surface area contributed by atoms with Crippen molar-refractivity contribution in [2.45, 2.75) is 25.3 Å². The molecule has 2 fully saturated rings. The Morgan fingerprint density at radius 3 is 1.91 bits per heavy atom. The summed E-state index contributed by atoms with van der Waals surface area (Å²) in [6.45, 7) is 6.60. The fraction of sp³-hybridized carbons (Fsp3) is 0.647. The Labute approximate surface area is 183 Å². The number of halogens is 6. The lowest BCUT2D eigenvalue weighted by atomic mass is 10.1. The van der Waals surface area contributed by atoms with Gasteiger partial charge in [0.15, 0.2) is 0 Å². The van der Waals surface area contributed by atoms with Crippen LogP contribution in [0, 0.1) is 5.92 Å². The second kappa shape index (κ2) is 12.4. The maximum absolute atomic E-state index is 12.1. The highest BCUT2D eigenvalue weighted by Gasteiger charge is 2.38. The zero-order valence-corrected chi connectivity index (χ0v) is 17.1. The van der Waals surface area contributed by atoms with Crippen LogP contribution in [0.5, 0.6) is 0 Å². The van der Waals surface area contributed by atoms with Gasteiger partial charge in [0.05, 0.1) is 11.9 Å². The quantitative estimate of drug-likeness (QED) is 0.447. The van der Waals surface area contributed by atoms with Crippen molar-refractivity contribution in [2.75, 3.05) is 44.2 Å². The van der Waals surface area contributed by atoms with E-state index in [4.69, 9.17) is 19.8 Å². The Balaban J connectivity index is 0.000000324. The SMILES string of the molecule is O=C(O)C(F)(F)F.O=C(O)C(F)(F)F.O=c1cc(N2CCNCC2)cnn1CC1CCNC1. The molecule has 3 rings (SSSR count). The molecule has 16 heteroatoms. The molecule has 3 heterocycles. The van der Waals surface area contributed by atoms with Gasteiger partial charge >= 0.3 is 24.3 Å². The number of carbonyl (C=O) groups is 2. The largest absolute Gasteiger partial charge is 0.490 e. The molecule has 2 aliphatic rings. The van der Waals surface area contributed by atoms with E-state index in [9.17, 15) is 31.1 Å². The first-order valence-electron chi connectivity index (χ1n) is 9.55. The van der Waals surface area contributed by atoms with Gasteiger partial charge in [-0.15, -0.1) is 0 Å². The van der Waals surface area contributed by atoms with Crippen molar-refractivity contribution in [1.82, 2.24) is 20.4 Å². The van der Waals surface area contributed by atoms with Crippen molar-refractivity contribution in [3.05, 3.63) is 22.6 Å². The van der Waals surface area contributed by atoms with E-state index in [2.05, 4.69) is 20.6 Å². The molecule has 0 bridgehead atoms. The summed E-state index contributed by atoms with van der Waals surface area (Å²) in [7, 11) is 0. The third-order valence-corrected chi connectivity index (χ3v) is 4.42. The van der Waals surface area contributed by atoms with E-state index in [1.807, 2.05) is 6.20 Å². The summed E-state index contributed by atoms with van der Waals surface area (Å²) in [6, 6.07) is 1.72. The summed E-state index contributed by atoms with van der Waals surface area (Å²) in [5.74, 6) is -4.98. The van der Waals surface area contributed by atoms with Crippen LogP contribution in [0.1, 0.15) is 6.42 Å². The molecule has 0 spiro atoms. The Hall–Kier alpha value is -2.88. The minimum atomic E-state index is -5.08. The van der Waals surface area contributed by atoms with Gasteiger partial charge in [-0.2, -0.15) is 31.4 Å². The molecule has 1 aromatic rings. The molecule has 1 aromatic heterocycles. The lowest BCUT2D eigenvalue weighted by Gasteiger charge is -2.29. The maximum atomic E-state index is 12.1. The number of anilines is 1. The van der Waals surface area contributed by atoms with Gasteiger partial charge in [-0.05, 0) is 25.4 Å². The van der Waals surface area contributed by atoms with Gasteiger partial charge < -0.3 is 25.7 Å². The van der Waals surface area contributed by atoms with Crippen LogP contribution in [-0.2, 0) is 16.1 Å². The molecule has 0 aromatic carbocycles. The molecule has 0 amide bonds. The van der Waals surface area contributed by atoms with Gasteiger partial charge in [-0.1, -0.05) is 0 Å². The number of nitrogens with zero attached hydrogens (tertiary/aromatic N) is 3. The predicted molar refractivity (Wildman–Crippen MR) is 102 cm³/mol. The number of alkyl halides is 6. The molecule has 10 nitrogen and oxygen atoms in total. The number of hydrogen-bond donors (Lipinski definition) is 4. The van der Waals surface area contributed by atoms with Crippen LogP contribution in [-0.4, -0.2) is 83.6 Å². The highest BCUT2D eigenvalue weighted by atomic mass is 19.4. The van der Waals surface area contributed by atoms with Crippen LogP contribution < -0.4 is 21.1 Å². The van der Waals surface area contributed by atoms with Crippen molar-refractivity contribution in [3.8, 4) is 0 Å². The van der Waals surface area contributed by atoms with E-state index >= 15 is 0 Å². The van der Waals surface area contributed by atoms with Crippen LogP contribution in [0.4, 0.5) is 32.0 Å². The average molecular weight is 491 g/mol. The first-order valence-corrected chi connectivity index (χ1v) is 9.55. The summed E-state index contributed by atoms with van der Waals surface area (Å²) >= 11 is 0. The molecular weight excluding hydrogens is 468 g/mol. The fourth-order valence-corrected chi connectivity index (χ4v) is 2.77. The van der Waals surface area contributed by atoms with E-state index < -0.39 is 24.3 Å². The lowest BCUT2D eigenvalue weighted by molar-refractivity contribution is -0.193. The number of rotatable bonds is 3. The van der Waals surface area contributed by atoms with Gasteiger partial charge in [0.1, 0.15) is 0 Å². The number of nitrogens with one attached hydrogen (secondary N) is 2. The molecular formula is C17H23F6N5O5. The van der Waals surface area contributed by atoms with E-state index in [0.717, 1.165) is 57.9 Å². The summed E-state index contributed by atoms with van der Waals surface area (Å²) < 4.78 is 65.1. The van der Waals surface area contributed by atoms with Crippen molar-refractivity contribution in [1.29, 1.82) is 0 Å². The van der Waals surface area contributed by atoms with Crippen LogP contribution in [0.15, 0.2) is 17.1 Å². The number of aliphatic carboxylic acids is 2. The lowest BCUT2D eigenvalue weighted by Crippen LogP contribution is -2.44. The number of piperazine rings is 1. The molecule has 1 unspecified atom stereocenters. The standard InChI is InChI=1S/C13H21N5O.2C2HF3O2/c19-13-7-12(17-5-3-14-4-6-17)9-16-18(13)10-11-1-2-15-8-11;2*3-2(4,5)1(6)7/h7,9,11,14-15H,1-6,8,10H2;2*(H,6,7). The van der Waals surface area contributed by atoms with Crippen molar-refractivity contribution >= 4 is 17.6 Å².